The van der Waals surface area contributed by atoms with Gasteiger partial charge in [0.15, 0.2) is 0 Å². The van der Waals surface area contributed by atoms with E-state index in [1.165, 1.54) is 20.9 Å². The van der Waals surface area contributed by atoms with Crippen molar-refractivity contribution in [2.45, 2.75) is 33.1 Å². The molecule has 0 saturated heterocycles. The van der Waals surface area contributed by atoms with Crippen LogP contribution in [0.2, 0.25) is 0 Å². The van der Waals surface area contributed by atoms with E-state index in [2.05, 4.69) is 43.7 Å². The second kappa shape index (κ2) is 4.50. The Labute approximate surface area is 99.6 Å². The summed E-state index contributed by atoms with van der Waals surface area (Å²) < 4.78 is 0. The van der Waals surface area contributed by atoms with Crippen LogP contribution in [-0.2, 0) is 6.42 Å². The van der Waals surface area contributed by atoms with Gasteiger partial charge in [-0.15, -0.1) is 22.7 Å². The molecule has 0 amide bonds. The monoisotopic (exact) mass is 236 g/mol. The zero-order chi connectivity index (χ0) is 10.8. The fourth-order valence-corrected chi connectivity index (χ4v) is 3.65. The number of hydrogen-bond acceptors (Lipinski definition) is 2. The SMILES string of the molecule is CCc1csc(-c2cc(C(C)C)cs2)c1. The summed E-state index contributed by atoms with van der Waals surface area (Å²) in [5.74, 6) is 0.639. The Morgan fingerprint density at radius 1 is 1.07 bits per heavy atom. The van der Waals surface area contributed by atoms with Gasteiger partial charge in [0.2, 0.25) is 0 Å². The minimum absolute atomic E-state index is 0.639. The molecule has 2 aromatic rings. The van der Waals surface area contributed by atoms with E-state index >= 15 is 0 Å². The van der Waals surface area contributed by atoms with Crippen molar-refractivity contribution in [3.05, 3.63) is 34.0 Å². The average Bonchev–Trinajstić information content (AvgIpc) is 2.86. The molecule has 0 radical (unpaired) electrons. The normalized spacial score (nSPS) is 11.2. The lowest BCUT2D eigenvalue weighted by molar-refractivity contribution is 0.872. The van der Waals surface area contributed by atoms with Crippen LogP contribution in [0.3, 0.4) is 0 Å². The lowest BCUT2D eigenvalue weighted by Gasteiger charge is -1.97. The molecule has 2 rings (SSSR count). The van der Waals surface area contributed by atoms with E-state index in [0.29, 0.717) is 5.92 Å². The Kier molecular flexibility index (Phi) is 3.27. The molecule has 0 saturated carbocycles. The third-order valence-corrected chi connectivity index (χ3v) is 4.71. The van der Waals surface area contributed by atoms with Crippen molar-refractivity contribution in [3.63, 3.8) is 0 Å². The van der Waals surface area contributed by atoms with Gasteiger partial charge in [0, 0.05) is 9.75 Å². The van der Waals surface area contributed by atoms with Crippen molar-refractivity contribution < 1.29 is 0 Å². The van der Waals surface area contributed by atoms with Crippen LogP contribution in [0.1, 0.15) is 37.8 Å². The smallest absolute Gasteiger partial charge is 0.0445 e. The average molecular weight is 236 g/mol. The summed E-state index contributed by atoms with van der Waals surface area (Å²) in [4.78, 5) is 2.84. The van der Waals surface area contributed by atoms with E-state index in [1.807, 2.05) is 22.7 Å². The molecular formula is C13H16S2. The molecule has 2 heteroatoms. The van der Waals surface area contributed by atoms with Crippen molar-refractivity contribution in [1.82, 2.24) is 0 Å². The maximum Gasteiger partial charge on any atom is 0.0445 e. The maximum absolute atomic E-state index is 2.33. The number of thiophene rings is 2. The number of hydrogen-bond donors (Lipinski definition) is 0. The summed E-state index contributed by atoms with van der Waals surface area (Å²) in [6.45, 7) is 6.70. The standard InChI is InChI=1S/C13H16S2/c1-4-10-5-12(14-7-10)13-6-11(8-15-13)9(2)3/h5-9H,4H2,1-3H3. The van der Waals surface area contributed by atoms with E-state index in [9.17, 15) is 0 Å². The fraction of sp³-hybridized carbons (Fsp3) is 0.385. The summed E-state index contributed by atoms with van der Waals surface area (Å²) >= 11 is 3.73. The Balaban J connectivity index is 2.28. The van der Waals surface area contributed by atoms with E-state index in [0.717, 1.165) is 6.42 Å². The molecule has 80 valence electrons. The van der Waals surface area contributed by atoms with Gasteiger partial charge in [0.05, 0.1) is 0 Å². The van der Waals surface area contributed by atoms with Crippen LogP contribution in [0, 0.1) is 0 Å². The van der Waals surface area contributed by atoms with Gasteiger partial charge in [0.25, 0.3) is 0 Å². The fourth-order valence-electron chi connectivity index (χ4n) is 1.47. The highest BCUT2D eigenvalue weighted by Gasteiger charge is 2.07. The van der Waals surface area contributed by atoms with Crippen LogP contribution in [0.15, 0.2) is 22.9 Å². The highest BCUT2D eigenvalue weighted by Crippen LogP contribution is 2.34. The second-order valence-electron chi connectivity index (χ2n) is 4.07. The number of aryl methyl sites for hydroxylation is 1. The topological polar surface area (TPSA) is 0 Å². The second-order valence-corrected chi connectivity index (χ2v) is 5.89. The molecule has 0 spiro atoms. The Morgan fingerprint density at radius 3 is 2.27 bits per heavy atom. The molecule has 0 unspecified atom stereocenters. The van der Waals surface area contributed by atoms with Crippen molar-refractivity contribution >= 4 is 22.7 Å². The molecule has 0 fully saturated rings. The van der Waals surface area contributed by atoms with Gasteiger partial charge in [-0.25, -0.2) is 0 Å². The Morgan fingerprint density at radius 2 is 1.73 bits per heavy atom. The van der Waals surface area contributed by atoms with Crippen molar-refractivity contribution in [2.75, 3.05) is 0 Å². The summed E-state index contributed by atoms with van der Waals surface area (Å²) in [5.41, 5.74) is 2.91. The largest absolute Gasteiger partial charge is 0.143 e. The molecule has 0 aromatic carbocycles. The van der Waals surface area contributed by atoms with Gasteiger partial charge in [-0.2, -0.15) is 0 Å². The highest BCUT2D eigenvalue weighted by atomic mass is 32.1. The minimum atomic E-state index is 0.639. The minimum Gasteiger partial charge on any atom is -0.143 e. The van der Waals surface area contributed by atoms with E-state index in [4.69, 9.17) is 0 Å². The first-order chi connectivity index (χ1) is 7.20. The molecule has 2 heterocycles. The molecular weight excluding hydrogens is 220 g/mol. The van der Waals surface area contributed by atoms with E-state index in [1.54, 1.807) is 0 Å². The predicted octanol–water partition coefficient (Wildman–Crippen LogP) is 5.16. The lowest BCUT2D eigenvalue weighted by atomic mass is 10.1. The highest BCUT2D eigenvalue weighted by molar-refractivity contribution is 7.20. The quantitative estimate of drug-likeness (QED) is 0.690. The summed E-state index contributed by atoms with van der Waals surface area (Å²) in [7, 11) is 0. The zero-order valence-electron chi connectivity index (χ0n) is 9.41. The first kappa shape index (κ1) is 10.9. The Hall–Kier alpha value is -0.600. The van der Waals surface area contributed by atoms with Crippen LogP contribution in [0.5, 0.6) is 0 Å². The van der Waals surface area contributed by atoms with Gasteiger partial charge in [-0.3, -0.25) is 0 Å². The summed E-state index contributed by atoms with van der Waals surface area (Å²) in [6.07, 6.45) is 1.14. The van der Waals surface area contributed by atoms with Gasteiger partial charge in [-0.05, 0) is 46.4 Å². The van der Waals surface area contributed by atoms with Gasteiger partial charge < -0.3 is 0 Å². The van der Waals surface area contributed by atoms with Crippen LogP contribution in [-0.4, -0.2) is 0 Å². The van der Waals surface area contributed by atoms with Crippen molar-refractivity contribution in [3.8, 4) is 9.75 Å². The third kappa shape index (κ3) is 2.32. The molecule has 0 N–H and O–H groups in total. The number of rotatable bonds is 3. The van der Waals surface area contributed by atoms with Gasteiger partial charge in [-0.1, -0.05) is 20.8 Å². The molecule has 0 aliphatic heterocycles. The van der Waals surface area contributed by atoms with E-state index in [-0.39, 0.29) is 0 Å². The maximum atomic E-state index is 2.33. The first-order valence-corrected chi connectivity index (χ1v) is 7.13. The van der Waals surface area contributed by atoms with Crippen LogP contribution in [0.4, 0.5) is 0 Å². The zero-order valence-corrected chi connectivity index (χ0v) is 11.0. The van der Waals surface area contributed by atoms with Crippen molar-refractivity contribution in [1.29, 1.82) is 0 Å². The molecule has 0 aliphatic carbocycles. The molecule has 0 aliphatic rings. The molecule has 0 nitrogen and oxygen atoms in total. The molecule has 0 atom stereocenters. The van der Waals surface area contributed by atoms with Gasteiger partial charge in [0.1, 0.15) is 0 Å². The predicted molar refractivity (Wildman–Crippen MR) is 71.1 cm³/mol. The van der Waals surface area contributed by atoms with Crippen LogP contribution in [0.25, 0.3) is 9.75 Å². The molecule has 15 heavy (non-hydrogen) atoms. The van der Waals surface area contributed by atoms with Crippen molar-refractivity contribution in [2.24, 2.45) is 0 Å². The van der Waals surface area contributed by atoms with Crippen LogP contribution < -0.4 is 0 Å². The van der Waals surface area contributed by atoms with E-state index < -0.39 is 0 Å². The van der Waals surface area contributed by atoms with Crippen LogP contribution >= 0.6 is 22.7 Å². The lowest BCUT2D eigenvalue weighted by Crippen LogP contribution is -1.80. The molecule has 0 bridgehead atoms. The third-order valence-electron chi connectivity index (χ3n) is 2.59. The Bertz CT molecular complexity index is 435. The first-order valence-electron chi connectivity index (χ1n) is 5.37. The molecule has 2 aromatic heterocycles. The summed E-state index contributed by atoms with van der Waals surface area (Å²) in [6, 6.07) is 4.65. The van der Waals surface area contributed by atoms with Gasteiger partial charge >= 0.3 is 0 Å². The summed E-state index contributed by atoms with van der Waals surface area (Å²) in [5, 5.41) is 4.55.